The van der Waals surface area contributed by atoms with Crippen LogP contribution >= 0.6 is 24.0 Å². The van der Waals surface area contributed by atoms with Gasteiger partial charge in [0.25, 0.3) is 5.91 Å². The van der Waals surface area contributed by atoms with E-state index < -0.39 is 0 Å². The van der Waals surface area contributed by atoms with Crippen molar-refractivity contribution in [3.05, 3.63) is 71.4 Å². The summed E-state index contributed by atoms with van der Waals surface area (Å²) in [7, 11) is 0. The fraction of sp³-hybridized carbons (Fsp3) is 0.360. The number of fused-ring (bicyclic) bond motifs is 1. The highest BCUT2D eigenvalue weighted by molar-refractivity contribution is 14.0. The van der Waals surface area contributed by atoms with Crippen LogP contribution in [0.25, 0.3) is 10.9 Å². The third-order valence-electron chi connectivity index (χ3n) is 5.33. The SMILES string of the molecule is CCNC(=NCc1ccc(C(=O)NC(C)CC)cc1)NCCc1c[nH]c2ccccc12.I. The summed E-state index contributed by atoms with van der Waals surface area (Å²) in [6.07, 6.45) is 3.91. The molecule has 7 heteroatoms. The van der Waals surface area contributed by atoms with Crippen LogP contribution in [0.1, 0.15) is 48.7 Å². The van der Waals surface area contributed by atoms with Crippen LogP contribution in [0.2, 0.25) is 0 Å². The average Bonchev–Trinajstić information content (AvgIpc) is 3.20. The molecule has 1 aromatic heterocycles. The second kappa shape index (κ2) is 13.1. The van der Waals surface area contributed by atoms with Gasteiger partial charge in [-0.05, 0) is 56.0 Å². The van der Waals surface area contributed by atoms with E-state index in [2.05, 4.69) is 64.2 Å². The summed E-state index contributed by atoms with van der Waals surface area (Å²) < 4.78 is 0. The number of carbonyl (C=O) groups is 1. The van der Waals surface area contributed by atoms with E-state index in [1.807, 2.05) is 37.3 Å². The zero-order chi connectivity index (χ0) is 22.1. The van der Waals surface area contributed by atoms with E-state index in [0.29, 0.717) is 12.1 Å². The molecule has 1 atom stereocenters. The normalized spacial score (nSPS) is 12.2. The number of aromatic nitrogens is 1. The number of benzene rings is 2. The van der Waals surface area contributed by atoms with Gasteiger partial charge in [-0.3, -0.25) is 4.79 Å². The summed E-state index contributed by atoms with van der Waals surface area (Å²) in [6.45, 7) is 8.27. The van der Waals surface area contributed by atoms with E-state index >= 15 is 0 Å². The lowest BCUT2D eigenvalue weighted by atomic mass is 10.1. The van der Waals surface area contributed by atoms with Crippen molar-refractivity contribution in [3.8, 4) is 0 Å². The first kappa shape index (κ1) is 25.7. The fourth-order valence-corrected chi connectivity index (χ4v) is 3.34. The van der Waals surface area contributed by atoms with Crippen molar-refractivity contribution < 1.29 is 4.79 Å². The monoisotopic (exact) mass is 547 g/mol. The van der Waals surface area contributed by atoms with Gasteiger partial charge in [0.15, 0.2) is 5.96 Å². The Morgan fingerprint density at radius 1 is 1.06 bits per heavy atom. The number of amides is 1. The number of halogens is 1. The van der Waals surface area contributed by atoms with E-state index in [0.717, 1.165) is 37.5 Å². The van der Waals surface area contributed by atoms with Gasteiger partial charge < -0.3 is 20.9 Å². The number of carbonyl (C=O) groups excluding carboxylic acids is 1. The first-order valence-electron chi connectivity index (χ1n) is 11.1. The zero-order valence-electron chi connectivity index (χ0n) is 19.1. The van der Waals surface area contributed by atoms with E-state index in [1.54, 1.807) is 0 Å². The molecule has 1 heterocycles. The summed E-state index contributed by atoms with van der Waals surface area (Å²) in [5, 5.41) is 11.0. The standard InChI is InChI=1S/C25H33N5O.HI/c1-4-18(3)30-24(31)20-12-10-19(11-13-20)16-29-25(26-5-2)27-15-14-21-17-28-23-9-7-6-8-22(21)23;/h6-13,17-18,28H,4-5,14-16H2,1-3H3,(H,30,31)(H2,26,27,29);1H. The summed E-state index contributed by atoms with van der Waals surface area (Å²) in [4.78, 5) is 20.2. The van der Waals surface area contributed by atoms with E-state index in [1.165, 1.54) is 16.5 Å². The molecule has 0 saturated heterocycles. The Morgan fingerprint density at radius 3 is 2.53 bits per heavy atom. The molecule has 0 radical (unpaired) electrons. The van der Waals surface area contributed by atoms with E-state index in [4.69, 9.17) is 0 Å². The third-order valence-corrected chi connectivity index (χ3v) is 5.33. The maximum Gasteiger partial charge on any atom is 0.251 e. The topological polar surface area (TPSA) is 81.3 Å². The van der Waals surface area contributed by atoms with Gasteiger partial charge >= 0.3 is 0 Å². The van der Waals surface area contributed by atoms with Crippen LogP contribution in [0.15, 0.2) is 59.7 Å². The third kappa shape index (κ3) is 7.25. The maximum atomic E-state index is 12.2. The van der Waals surface area contributed by atoms with Crippen LogP contribution in [0.5, 0.6) is 0 Å². The highest BCUT2D eigenvalue weighted by Crippen LogP contribution is 2.17. The molecule has 1 unspecified atom stereocenters. The van der Waals surface area contributed by atoms with Crippen LogP contribution in [-0.4, -0.2) is 36.0 Å². The molecule has 0 bridgehead atoms. The molecule has 6 nitrogen and oxygen atoms in total. The molecule has 1 amide bonds. The molecule has 4 N–H and O–H groups in total. The Bertz CT molecular complexity index is 1010. The van der Waals surface area contributed by atoms with Gasteiger partial charge in [-0.2, -0.15) is 0 Å². The average molecular weight is 547 g/mol. The van der Waals surface area contributed by atoms with E-state index in [9.17, 15) is 4.79 Å². The van der Waals surface area contributed by atoms with Gasteiger partial charge in [0, 0.05) is 41.8 Å². The van der Waals surface area contributed by atoms with Crippen LogP contribution in [0, 0.1) is 0 Å². The lowest BCUT2D eigenvalue weighted by Gasteiger charge is -2.12. The van der Waals surface area contributed by atoms with Crippen molar-refractivity contribution in [1.29, 1.82) is 0 Å². The molecule has 3 rings (SSSR count). The Kier molecular flexibility index (Phi) is 10.5. The molecule has 0 aliphatic rings. The van der Waals surface area contributed by atoms with Gasteiger partial charge in [-0.1, -0.05) is 37.3 Å². The first-order valence-corrected chi connectivity index (χ1v) is 11.1. The minimum absolute atomic E-state index is 0. The number of aliphatic imine (C=N–C) groups is 1. The molecule has 0 spiro atoms. The number of hydrogen-bond donors (Lipinski definition) is 4. The Labute approximate surface area is 207 Å². The zero-order valence-corrected chi connectivity index (χ0v) is 21.4. The molecule has 2 aromatic carbocycles. The Balaban J connectivity index is 0.00000363. The molecule has 172 valence electrons. The molecule has 32 heavy (non-hydrogen) atoms. The fourth-order valence-electron chi connectivity index (χ4n) is 3.34. The van der Waals surface area contributed by atoms with E-state index in [-0.39, 0.29) is 35.9 Å². The molecule has 0 aliphatic heterocycles. The smallest absolute Gasteiger partial charge is 0.251 e. The summed E-state index contributed by atoms with van der Waals surface area (Å²) in [5.41, 5.74) is 4.20. The number of rotatable bonds is 9. The lowest BCUT2D eigenvalue weighted by molar-refractivity contribution is 0.0939. The second-order valence-corrected chi connectivity index (χ2v) is 7.71. The number of guanidine groups is 1. The number of para-hydroxylation sites is 1. The predicted molar refractivity (Wildman–Crippen MR) is 144 cm³/mol. The molecule has 3 aromatic rings. The predicted octanol–water partition coefficient (Wildman–Crippen LogP) is 4.61. The molecule has 0 aliphatic carbocycles. The van der Waals surface area contributed by atoms with Crippen LogP contribution in [0.3, 0.4) is 0 Å². The molecule has 0 saturated carbocycles. The van der Waals surface area contributed by atoms with Crippen molar-refractivity contribution in [1.82, 2.24) is 20.9 Å². The number of aromatic amines is 1. The van der Waals surface area contributed by atoms with Crippen LogP contribution in [-0.2, 0) is 13.0 Å². The number of nitrogens with zero attached hydrogens (tertiary/aromatic N) is 1. The van der Waals surface area contributed by atoms with Crippen molar-refractivity contribution in [2.45, 2.75) is 46.2 Å². The van der Waals surface area contributed by atoms with Crippen LogP contribution in [0.4, 0.5) is 0 Å². The molecular formula is C25H34IN5O. The highest BCUT2D eigenvalue weighted by Gasteiger charge is 2.08. The summed E-state index contributed by atoms with van der Waals surface area (Å²) in [5.74, 6) is 0.762. The van der Waals surface area contributed by atoms with Gasteiger partial charge in [0.2, 0.25) is 0 Å². The number of H-pyrrole nitrogens is 1. The van der Waals surface area contributed by atoms with Crippen molar-refractivity contribution in [2.24, 2.45) is 4.99 Å². The van der Waals surface area contributed by atoms with Crippen molar-refractivity contribution in [3.63, 3.8) is 0 Å². The van der Waals surface area contributed by atoms with Gasteiger partial charge in [0.1, 0.15) is 0 Å². The summed E-state index contributed by atoms with van der Waals surface area (Å²) >= 11 is 0. The quantitative estimate of drug-likeness (QED) is 0.180. The van der Waals surface area contributed by atoms with Crippen molar-refractivity contribution in [2.75, 3.05) is 13.1 Å². The maximum absolute atomic E-state index is 12.2. The van der Waals surface area contributed by atoms with Gasteiger partial charge in [-0.15, -0.1) is 24.0 Å². The van der Waals surface area contributed by atoms with Gasteiger partial charge in [0.05, 0.1) is 6.54 Å². The van der Waals surface area contributed by atoms with Crippen molar-refractivity contribution >= 4 is 46.7 Å². The minimum Gasteiger partial charge on any atom is -0.361 e. The first-order chi connectivity index (χ1) is 15.1. The van der Waals surface area contributed by atoms with Crippen LogP contribution < -0.4 is 16.0 Å². The largest absolute Gasteiger partial charge is 0.361 e. The number of hydrogen-bond acceptors (Lipinski definition) is 2. The minimum atomic E-state index is -0.0308. The Hall–Kier alpha value is -2.55. The lowest BCUT2D eigenvalue weighted by Crippen LogP contribution is -2.38. The Morgan fingerprint density at radius 2 is 1.81 bits per heavy atom. The van der Waals surface area contributed by atoms with Gasteiger partial charge in [-0.25, -0.2) is 4.99 Å². The molecule has 0 fully saturated rings. The number of nitrogens with one attached hydrogen (secondary N) is 4. The second-order valence-electron chi connectivity index (χ2n) is 7.71. The highest BCUT2D eigenvalue weighted by atomic mass is 127. The molecular weight excluding hydrogens is 513 g/mol. The summed E-state index contributed by atoms with van der Waals surface area (Å²) in [6, 6.07) is 16.2.